The van der Waals surface area contributed by atoms with Gasteiger partial charge in [0, 0.05) is 5.92 Å². The molecule has 0 bridgehead atoms. The van der Waals surface area contributed by atoms with Crippen molar-refractivity contribution in [2.45, 2.75) is 38.8 Å². The van der Waals surface area contributed by atoms with Gasteiger partial charge >= 0.3 is 6.09 Å². The molecule has 4 heteroatoms. The molecule has 0 aromatic heterocycles. The van der Waals surface area contributed by atoms with E-state index >= 15 is 0 Å². The Hall–Kier alpha value is -1.55. The highest BCUT2D eigenvalue weighted by Gasteiger charge is 2.44. The number of epoxide rings is 1. The Morgan fingerprint density at radius 1 is 1.37 bits per heavy atom. The van der Waals surface area contributed by atoms with Crippen LogP contribution in [-0.2, 0) is 4.74 Å². The Morgan fingerprint density at radius 3 is 2.37 bits per heavy atom. The van der Waals surface area contributed by atoms with E-state index in [0.29, 0.717) is 6.61 Å². The van der Waals surface area contributed by atoms with Gasteiger partial charge in [0.05, 0.1) is 12.6 Å². The van der Waals surface area contributed by atoms with Gasteiger partial charge in [-0.2, -0.15) is 0 Å². The first-order valence-electron chi connectivity index (χ1n) is 6.55. The van der Waals surface area contributed by atoms with E-state index in [2.05, 4.69) is 38.2 Å². The number of carbonyl (C=O) groups is 1. The largest absolute Gasteiger partial charge is 0.465 e. The molecule has 4 nitrogen and oxygen atoms in total. The van der Waals surface area contributed by atoms with E-state index in [1.165, 1.54) is 0 Å². The molecule has 0 aliphatic carbocycles. The quantitative estimate of drug-likeness (QED) is 0.821. The van der Waals surface area contributed by atoms with E-state index in [1.807, 2.05) is 18.2 Å². The Labute approximate surface area is 113 Å². The van der Waals surface area contributed by atoms with Crippen LogP contribution in [0, 0.1) is 5.41 Å². The lowest BCUT2D eigenvalue weighted by molar-refractivity contribution is 0.168. The fourth-order valence-electron chi connectivity index (χ4n) is 2.70. The molecule has 1 aromatic rings. The summed E-state index contributed by atoms with van der Waals surface area (Å²) in [6, 6.07) is 9.83. The summed E-state index contributed by atoms with van der Waals surface area (Å²) in [5.74, 6) is 0.0808. The van der Waals surface area contributed by atoms with Crippen molar-refractivity contribution in [1.82, 2.24) is 5.32 Å². The average Bonchev–Trinajstić information content (AvgIpc) is 3.10. The van der Waals surface area contributed by atoms with Gasteiger partial charge in [0.15, 0.2) is 0 Å². The van der Waals surface area contributed by atoms with E-state index in [1.54, 1.807) is 0 Å². The Balaban J connectivity index is 2.33. The number of amides is 1. The highest BCUT2D eigenvalue weighted by Crippen LogP contribution is 2.41. The first kappa shape index (κ1) is 13.9. The van der Waals surface area contributed by atoms with E-state index in [0.717, 1.165) is 5.56 Å². The van der Waals surface area contributed by atoms with Gasteiger partial charge in [-0.3, -0.25) is 0 Å². The van der Waals surface area contributed by atoms with Crippen LogP contribution in [0.3, 0.4) is 0 Å². The summed E-state index contributed by atoms with van der Waals surface area (Å²) in [7, 11) is 0. The molecule has 0 saturated carbocycles. The smallest absolute Gasteiger partial charge is 0.404 e. The van der Waals surface area contributed by atoms with Crippen LogP contribution in [0.25, 0.3) is 0 Å². The van der Waals surface area contributed by atoms with Gasteiger partial charge in [-0.05, 0) is 11.0 Å². The minimum atomic E-state index is -0.995. The van der Waals surface area contributed by atoms with E-state index in [-0.39, 0.29) is 23.5 Å². The second-order valence-electron chi connectivity index (χ2n) is 6.10. The SMILES string of the molecule is CC(C)(C)[C@@H](c1ccccc1)C(NC(=O)O)[C@H]1CO1. The Bertz CT molecular complexity index is 434. The standard InChI is InChI=1S/C15H21NO3/c1-15(2,3)12(10-7-5-4-6-8-10)13(11-9-19-11)16-14(17)18/h4-8,11-13,16H,9H2,1-3H3,(H,17,18)/t11-,12+,13?/m1/s1. The zero-order chi connectivity index (χ0) is 14.0. The lowest BCUT2D eigenvalue weighted by atomic mass is 9.71. The summed E-state index contributed by atoms with van der Waals surface area (Å²) >= 11 is 0. The molecule has 1 aromatic carbocycles. The third kappa shape index (κ3) is 3.47. The van der Waals surface area contributed by atoms with Crippen molar-refractivity contribution in [3.8, 4) is 0 Å². The van der Waals surface area contributed by atoms with Gasteiger partial charge in [-0.25, -0.2) is 4.79 Å². The molecule has 0 radical (unpaired) electrons. The maximum Gasteiger partial charge on any atom is 0.404 e. The van der Waals surface area contributed by atoms with Gasteiger partial charge in [-0.15, -0.1) is 0 Å². The number of ether oxygens (including phenoxy) is 1. The van der Waals surface area contributed by atoms with E-state index < -0.39 is 6.09 Å². The molecule has 1 unspecified atom stereocenters. The monoisotopic (exact) mass is 263 g/mol. The summed E-state index contributed by atoms with van der Waals surface area (Å²) in [4.78, 5) is 11.0. The fourth-order valence-corrected chi connectivity index (χ4v) is 2.70. The first-order valence-corrected chi connectivity index (χ1v) is 6.55. The van der Waals surface area contributed by atoms with Crippen molar-refractivity contribution in [2.75, 3.05) is 6.61 Å². The number of benzene rings is 1. The molecule has 2 N–H and O–H groups in total. The van der Waals surface area contributed by atoms with Gasteiger partial charge in [-0.1, -0.05) is 51.1 Å². The van der Waals surface area contributed by atoms with Crippen LogP contribution in [0.5, 0.6) is 0 Å². The number of nitrogens with one attached hydrogen (secondary N) is 1. The first-order chi connectivity index (χ1) is 8.89. The molecule has 104 valence electrons. The second kappa shape index (κ2) is 5.21. The van der Waals surface area contributed by atoms with Gasteiger partial charge in [0.1, 0.15) is 6.10 Å². The zero-order valence-electron chi connectivity index (χ0n) is 11.6. The van der Waals surface area contributed by atoms with Crippen LogP contribution in [0.2, 0.25) is 0 Å². The van der Waals surface area contributed by atoms with Crippen molar-refractivity contribution in [3.05, 3.63) is 35.9 Å². The predicted molar refractivity (Wildman–Crippen MR) is 73.3 cm³/mol. The van der Waals surface area contributed by atoms with Crippen LogP contribution in [-0.4, -0.2) is 30.0 Å². The molecule has 1 fully saturated rings. The van der Waals surface area contributed by atoms with Gasteiger partial charge in [0.2, 0.25) is 0 Å². The van der Waals surface area contributed by atoms with Crippen molar-refractivity contribution in [2.24, 2.45) is 5.41 Å². The molecule has 1 aliphatic rings. The average molecular weight is 263 g/mol. The lowest BCUT2D eigenvalue weighted by Crippen LogP contribution is -2.46. The van der Waals surface area contributed by atoms with Crippen molar-refractivity contribution >= 4 is 6.09 Å². The number of rotatable bonds is 4. The topological polar surface area (TPSA) is 61.9 Å². The zero-order valence-corrected chi connectivity index (χ0v) is 11.6. The molecule has 1 aliphatic heterocycles. The molecule has 3 atom stereocenters. The molecule has 1 amide bonds. The molecular formula is C15H21NO3. The summed E-state index contributed by atoms with van der Waals surface area (Å²) in [5.41, 5.74) is 1.09. The summed E-state index contributed by atoms with van der Waals surface area (Å²) in [5, 5.41) is 11.7. The fraction of sp³-hybridized carbons (Fsp3) is 0.533. The van der Waals surface area contributed by atoms with Crippen LogP contribution in [0.15, 0.2) is 30.3 Å². The highest BCUT2D eigenvalue weighted by atomic mass is 16.6. The number of hydrogen-bond acceptors (Lipinski definition) is 2. The van der Waals surface area contributed by atoms with Crippen molar-refractivity contribution in [3.63, 3.8) is 0 Å². The van der Waals surface area contributed by atoms with Crippen LogP contribution < -0.4 is 5.32 Å². The summed E-state index contributed by atoms with van der Waals surface area (Å²) < 4.78 is 5.34. The van der Waals surface area contributed by atoms with Gasteiger partial charge in [0.25, 0.3) is 0 Å². The normalized spacial score (nSPS) is 21.5. The van der Waals surface area contributed by atoms with E-state index in [4.69, 9.17) is 9.84 Å². The molecule has 19 heavy (non-hydrogen) atoms. The lowest BCUT2D eigenvalue weighted by Gasteiger charge is -2.37. The summed E-state index contributed by atoms with van der Waals surface area (Å²) in [6.45, 7) is 7.01. The van der Waals surface area contributed by atoms with Crippen LogP contribution >= 0.6 is 0 Å². The molecule has 1 heterocycles. The number of carboxylic acid groups (broad SMARTS) is 1. The maximum atomic E-state index is 11.0. The third-order valence-electron chi connectivity index (χ3n) is 3.50. The van der Waals surface area contributed by atoms with Gasteiger partial charge < -0.3 is 15.2 Å². The second-order valence-corrected chi connectivity index (χ2v) is 6.10. The number of hydrogen-bond donors (Lipinski definition) is 2. The maximum absolute atomic E-state index is 11.0. The third-order valence-corrected chi connectivity index (χ3v) is 3.50. The molecule has 1 saturated heterocycles. The van der Waals surface area contributed by atoms with Crippen LogP contribution in [0.4, 0.5) is 4.79 Å². The summed E-state index contributed by atoms with van der Waals surface area (Å²) in [6.07, 6.45) is -1.01. The van der Waals surface area contributed by atoms with E-state index in [9.17, 15) is 4.79 Å². The minimum Gasteiger partial charge on any atom is -0.465 e. The Kier molecular flexibility index (Phi) is 3.80. The molecule has 2 rings (SSSR count). The molecular weight excluding hydrogens is 242 g/mol. The van der Waals surface area contributed by atoms with Crippen molar-refractivity contribution < 1.29 is 14.6 Å². The minimum absolute atomic E-state index is 0.0134. The molecule has 0 spiro atoms. The van der Waals surface area contributed by atoms with Crippen LogP contribution in [0.1, 0.15) is 32.3 Å². The highest BCUT2D eigenvalue weighted by molar-refractivity contribution is 5.65. The Morgan fingerprint density at radius 2 is 1.95 bits per heavy atom. The predicted octanol–water partition coefficient (Wildman–Crippen LogP) is 2.85. The van der Waals surface area contributed by atoms with Crippen molar-refractivity contribution in [1.29, 1.82) is 0 Å².